The molecule has 1 fully saturated rings. The van der Waals surface area contributed by atoms with E-state index in [1.807, 2.05) is 0 Å². The number of hydrogen-bond acceptors (Lipinski definition) is 2. The topological polar surface area (TPSA) is 12.5 Å². The predicted octanol–water partition coefficient (Wildman–Crippen LogP) is 2.10. The lowest BCUT2D eigenvalue weighted by molar-refractivity contribution is -0.00946. The van der Waals surface area contributed by atoms with Gasteiger partial charge in [-0.2, -0.15) is 0 Å². The van der Waals surface area contributed by atoms with Crippen LogP contribution in [0.15, 0.2) is 0 Å². The summed E-state index contributed by atoms with van der Waals surface area (Å²) in [7, 11) is 0. The lowest BCUT2D eigenvalue weighted by Crippen LogP contribution is -2.34. The summed E-state index contributed by atoms with van der Waals surface area (Å²) in [5, 5.41) is 0. The molecule has 72 valence electrons. The zero-order valence-corrected chi connectivity index (χ0v) is 8.87. The fourth-order valence-corrected chi connectivity index (χ4v) is 1.73. The summed E-state index contributed by atoms with van der Waals surface area (Å²) >= 11 is 0. The molecule has 0 radical (unpaired) electrons. The Hall–Kier alpha value is -0.0800. The third-order valence-corrected chi connectivity index (χ3v) is 2.64. The molecule has 0 aromatic rings. The largest absolute Gasteiger partial charge is 0.359 e. The zero-order chi connectivity index (χ0) is 9.30. The molecule has 0 aromatic carbocycles. The molecule has 2 nitrogen and oxygen atoms in total. The molecule has 2 heteroatoms. The maximum Gasteiger partial charge on any atom is 0.108 e. The van der Waals surface area contributed by atoms with Gasteiger partial charge in [-0.1, -0.05) is 13.8 Å². The van der Waals surface area contributed by atoms with Crippen LogP contribution in [0.2, 0.25) is 0 Å². The molecule has 12 heavy (non-hydrogen) atoms. The minimum absolute atomic E-state index is 0.303. The molecule has 2 unspecified atom stereocenters. The molecule has 0 bridgehead atoms. The van der Waals surface area contributed by atoms with E-state index in [9.17, 15) is 0 Å². The first-order valence-electron chi connectivity index (χ1n) is 4.93. The summed E-state index contributed by atoms with van der Waals surface area (Å²) in [5.74, 6) is 0.635. The Morgan fingerprint density at radius 3 is 2.08 bits per heavy atom. The normalized spacial score (nSPS) is 32.2. The Morgan fingerprint density at radius 2 is 1.83 bits per heavy atom. The molecule has 0 N–H and O–H groups in total. The van der Waals surface area contributed by atoms with E-state index in [4.69, 9.17) is 4.74 Å². The van der Waals surface area contributed by atoms with Crippen LogP contribution in [0.5, 0.6) is 0 Å². The molecular formula is C10H21NO. The van der Waals surface area contributed by atoms with Gasteiger partial charge in [0.2, 0.25) is 0 Å². The predicted molar refractivity (Wildman–Crippen MR) is 51.0 cm³/mol. The van der Waals surface area contributed by atoms with Crippen LogP contribution in [-0.4, -0.2) is 29.8 Å². The maximum atomic E-state index is 5.82. The Balaban J connectivity index is 2.50. The molecule has 1 rings (SSSR count). The van der Waals surface area contributed by atoms with Crippen LogP contribution in [0.1, 0.15) is 34.6 Å². The summed E-state index contributed by atoms with van der Waals surface area (Å²) in [4.78, 5) is 2.41. The zero-order valence-electron chi connectivity index (χ0n) is 8.87. The Kier molecular flexibility index (Phi) is 3.13. The maximum absolute atomic E-state index is 5.82. The third-order valence-electron chi connectivity index (χ3n) is 2.64. The summed E-state index contributed by atoms with van der Waals surface area (Å²) < 4.78 is 5.82. The molecule has 1 aliphatic heterocycles. The fraction of sp³-hybridized carbons (Fsp3) is 1.00. The second-order valence-electron chi connectivity index (χ2n) is 4.31. The third kappa shape index (κ3) is 1.99. The Morgan fingerprint density at radius 1 is 1.25 bits per heavy atom. The summed E-state index contributed by atoms with van der Waals surface area (Å²) in [6.07, 6.45) is 0.736. The van der Waals surface area contributed by atoms with Crippen molar-refractivity contribution in [2.75, 3.05) is 6.54 Å². The summed E-state index contributed by atoms with van der Waals surface area (Å²) in [6, 6.07) is 0.601. The minimum atomic E-state index is 0.303. The molecule has 1 heterocycles. The molecule has 0 amide bonds. The van der Waals surface area contributed by atoms with Crippen molar-refractivity contribution >= 4 is 0 Å². The van der Waals surface area contributed by atoms with Gasteiger partial charge in [0.15, 0.2) is 0 Å². The van der Waals surface area contributed by atoms with Crippen LogP contribution in [0.25, 0.3) is 0 Å². The van der Waals surface area contributed by atoms with Crippen molar-refractivity contribution in [3.8, 4) is 0 Å². The van der Waals surface area contributed by atoms with E-state index in [1.54, 1.807) is 0 Å². The Labute approximate surface area is 75.9 Å². The smallest absolute Gasteiger partial charge is 0.108 e. The second-order valence-corrected chi connectivity index (χ2v) is 4.31. The van der Waals surface area contributed by atoms with Gasteiger partial charge in [0.05, 0.1) is 6.10 Å². The van der Waals surface area contributed by atoms with E-state index in [0.717, 1.165) is 6.54 Å². The van der Waals surface area contributed by atoms with Gasteiger partial charge in [0, 0.05) is 12.6 Å². The van der Waals surface area contributed by atoms with Gasteiger partial charge >= 0.3 is 0 Å². The van der Waals surface area contributed by atoms with Gasteiger partial charge < -0.3 is 4.74 Å². The first-order valence-corrected chi connectivity index (χ1v) is 4.93. The quantitative estimate of drug-likeness (QED) is 0.631. The monoisotopic (exact) mass is 171 g/mol. The van der Waals surface area contributed by atoms with Gasteiger partial charge in [-0.15, -0.1) is 0 Å². The fourth-order valence-electron chi connectivity index (χ4n) is 1.73. The number of ether oxygens (including phenoxy) is 1. The van der Waals surface area contributed by atoms with Crippen LogP contribution < -0.4 is 0 Å². The first kappa shape index (κ1) is 10.0. The van der Waals surface area contributed by atoms with Crippen LogP contribution in [0.4, 0.5) is 0 Å². The summed E-state index contributed by atoms with van der Waals surface area (Å²) in [5.41, 5.74) is 0. The highest BCUT2D eigenvalue weighted by atomic mass is 16.5. The standard InChI is InChI=1S/C10H21NO/c1-7(2)10-6-11(8(3)4)9(5)12-10/h7-10H,6H2,1-5H3. The van der Waals surface area contributed by atoms with E-state index in [-0.39, 0.29) is 0 Å². The average molecular weight is 171 g/mol. The van der Waals surface area contributed by atoms with Crippen molar-refractivity contribution in [1.29, 1.82) is 0 Å². The molecule has 1 aliphatic rings. The molecule has 2 atom stereocenters. The van der Waals surface area contributed by atoms with Gasteiger partial charge in [0.1, 0.15) is 6.23 Å². The van der Waals surface area contributed by atoms with Crippen LogP contribution >= 0.6 is 0 Å². The van der Waals surface area contributed by atoms with E-state index < -0.39 is 0 Å². The highest BCUT2D eigenvalue weighted by Crippen LogP contribution is 2.22. The van der Waals surface area contributed by atoms with Gasteiger partial charge in [0.25, 0.3) is 0 Å². The van der Waals surface area contributed by atoms with Crippen LogP contribution in [0, 0.1) is 5.92 Å². The van der Waals surface area contributed by atoms with E-state index in [2.05, 4.69) is 39.5 Å². The number of hydrogen-bond donors (Lipinski definition) is 0. The molecule has 0 saturated carbocycles. The highest BCUT2D eigenvalue weighted by molar-refractivity contribution is 4.79. The van der Waals surface area contributed by atoms with Crippen molar-refractivity contribution in [2.45, 2.75) is 53.0 Å². The highest BCUT2D eigenvalue weighted by Gasteiger charge is 2.32. The number of nitrogens with zero attached hydrogens (tertiary/aromatic N) is 1. The molecule has 0 aromatic heterocycles. The second kappa shape index (κ2) is 3.75. The van der Waals surface area contributed by atoms with Crippen molar-refractivity contribution in [3.05, 3.63) is 0 Å². The van der Waals surface area contributed by atoms with Crippen molar-refractivity contribution in [3.63, 3.8) is 0 Å². The van der Waals surface area contributed by atoms with Gasteiger partial charge in [-0.05, 0) is 26.7 Å². The van der Waals surface area contributed by atoms with E-state index in [0.29, 0.717) is 24.3 Å². The van der Waals surface area contributed by atoms with Crippen LogP contribution in [-0.2, 0) is 4.74 Å². The lowest BCUT2D eigenvalue weighted by Gasteiger charge is -2.23. The molecule has 0 spiro atoms. The first-order chi connectivity index (χ1) is 5.52. The van der Waals surface area contributed by atoms with Crippen molar-refractivity contribution < 1.29 is 4.74 Å². The number of rotatable bonds is 2. The summed E-state index contributed by atoms with van der Waals surface area (Å²) in [6.45, 7) is 12.1. The van der Waals surface area contributed by atoms with E-state index >= 15 is 0 Å². The molecule has 1 saturated heterocycles. The van der Waals surface area contributed by atoms with Crippen LogP contribution in [0.3, 0.4) is 0 Å². The van der Waals surface area contributed by atoms with Gasteiger partial charge in [-0.25, -0.2) is 0 Å². The minimum Gasteiger partial charge on any atom is -0.359 e. The lowest BCUT2D eigenvalue weighted by atomic mass is 10.1. The SMILES string of the molecule is CC(C)C1CN(C(C)C)C(C)O1. The van der Waals surface area contributed by atoms with Gasteiger partial charge in [-0.3, -0.25) is 4.90 Å². The molecule has 0 aliphatic carbocycles. The molecular weight excluding hydrogens is 150 g/mol. The van der Waals surface area contributed by atoms with Crippen molar-refractivity contribution in [2.24, 2.45) is 5.92 Å². The van der Waals surface area contributed by atoms with E-state index in [1.165, 1.54) is 0 Å². The Bertz CT molecular complexity index is 145. The average Bonchev–Trinajstić information content (AvgIpc) is 2.30. The van der Waals surface area contributed by atoms with Crippen molar-refractivity contribution in [1.82, 2.24) is 4.90 Å².